The summed E-state index contributed by atoms with van der Waals surface area (Å²) in [6.07, 6.45) is 4.61. The molecule has 4 heteroatoms. The van der Waals surface area contributed by atoms with Gasteiger partial charge in [-0.05, 0) is 43.2 Å². The molecule has 3 rings (SSSR count). The van der Waals surface area contributed by atoms with Crippen molar-refractivity contribution in [3.05, 3.63) is 53.9 Å². The fourth-order valence-electron chi connectivity index (χ4n) is 3.12. The monoisotopic (exact) mass is 299 g/mol. The lowest BCUT2D eigenvalue weighted by molar-refractivity contribution is -0.0704. The van der Waals surface area contributed by atoms with Crippen molar-refractivity contribution in [2.75, 3.05) is 18.4 Å². The third-order valence-electron chi connectivity index (χ3n) is 3.99. The number of nitrogens with zero attached hydrogens (tertiary/aromatic N) is 1. The molecule has 0 amide bonds. The zero-order chi connectivity index (χ0) is 15.4. The highest BCUT2D eigenvalue weighted by Gasteiger charge is 2.21. The van der Waals surface area contributed by atoms with Crippen LogP contribution in [0.1, 0.15) is 25.0 Å². The molecule has 1 saturated heterocycles. The Morgan fingerprint density at radius 1 is 1.18 bits per heavy atom. The lowest BCUT2D eigenvalue weighted by atomic mass is 10.1. The number of aromatic nitrogens is 1. The van der Waals surface area contributed by atoms with Gasteiger partial charge in [0.05, 0.1) is 12.2 Å². The molecule has 0 radical (unpaired) electrons. The van der Waals surface area contributed by atoms with Gasteiger partial charge in [0.2, 0.25) is 0 Å². The maximum atomic E-state index is 5.80. The van der Waals surface area contributed by atoms with Crippen molar-refractivity contribution in [2.24, 2.45) is 0 Å². The van der Waals surface area contributed by atoms with E-state index in [2.05, 4.69) is 59.4 Å². The number of H-pyrrole nitrogens is 1. The third-order valence-corrected chi connectivity index (χ3v) is 3.99. The first-order chi connectivity index (χ1) is 10.7. The minimum atomic E-state index is 0.318. The summed E-state index contributed by atoms with van der Waals surface area (Å²) in [7, 11) is 0. The molecule has 0 saturated carbocycles. The maximum Gasteiger partial charge on any atom is 0.0678 e. The summed E-state index contributed by atoms with van der Waals surface area (Å²) in [4.78, 5) is 5.56. The Morgan fingerprint density at radius 3 is 2.73 bits per heavy atom. The van der Waals surface area contributed by atoms with Gasteiger partial charge in [-0.3, -0.25) is 4.90 Å². The van der Waals surface area contributed by atoms with Gasteiger partial charge in [-0.2, -0.15) is 0 Å². The van der Waals surface area contributed by atoms with Gasteiger partial charge in [-0.15, -0.1) is 0 Å². The molecule has 0 spiro atoms. The average Bonchev–Trinajstić information content (AvgIpc) is 2.98. The molecule has 1 fully saturated rings. The minimum Gasteiger partial charge on any atom is -0.381 e. The average molecular weight is 299 g/mol. The molecular weight excluding hydrogens is 274 g/mol. The summed E-state index contributed by atoms with van der Waals surface area (Å²) in [5.74, 6) is 0. The van der Waals surface area contributed by atoms with Crippen LogP contribution in [0.2, 0.25) is 0 Å². The van der Waals surface area contributed by atoms with E-state index in [1.54, 1.807) is 0 Å². The van der Waals surface area contributed by atoms with Crippen LogP contribution in [0.3, 0.4) is 0 Å². The van der Waals surface area contributed by atoms with Crippen molar-refractivity contribution in [3.63, 3.8) is 0 Å². The molecule has 1 aliphatic rings. The maximum absolute atomic E-state index is 5.80. The molecule has 0 bridgehead atoms. The van der Waals surface area contributed by atoms with E-state index in [-0.39, 0.29) is 0 Å². The first-order valence-corrected chi connectivity index (χ1v) is 8.01. The molecule has 2 atom stereocenters. The summed E-state index contributed by atoms with van der Waals surface area (Å²) in [6, 6.07) is 10.8. The van der Waals surface area contributed by atoms with Gasteiger partial charge in [-0.25, -0.2) is 0 Å². The van der Waals surface area contributed by atoms with E-state index in [4.69, 9.17) is 4.74 Å². The predicted octanol–water partition coefficient (Wildman–Crippen LogP) is 3.24. The summed E-state index contributed by atoms with van der Waals surface area (Å²) in [6.45, 7) is 8.14. The van der Waals surface area contributed by atoms with Crippen molar-refractivity contribution < 1.29 is 4.74 Å². The Bertz CT molecular complexity index is 572. The molecule has 1 aliphatic heterocycles. The van der Waals surface area contributed by atoms with Gasteiger partial charge in [-0.1, -0.05) is 12.1 Å². The molecule has 0 aliphatic carbocycles. The topological polar surface area (TPSA) is 40.3 Å². The second kappa shape index (κ2) is 6.99. The highest BCUT2D eigenvalue weighted by Crippen LogP contribution is 2.17. The second-order valence-electron chi connectivity index (χ2n) is 6.22. The lowest BCUT2D eigenvalue weighted by Crippen LogP contribution is -2.44. The SMILES string of the molecule is C[C@@H]1CN(Cc2cccc(NCc3cc[nH]c3)c2)C[C@H](C)O1. The van der Waals surface area contributed by atoms with Crippen molar-refractivity contribution >= 4 is 5.69 Å². The van der Waals surface area contributed by atoms with E-state index in [9.17, 15) is 0 Å². The van der Waals surface area contributed by atoms with Crippen LogP contribution < -0.4 is 5.32 Å². The Morgan fingerprint density at radius 2 is 2.00 bits per heavy atom. The van der Waals surface area contributed by atoms with Gasteiger partial charge in [0.15, 0.2) is 0 Å². The lowest BCUT2D eigenvalue weighted by Gasteiger charge is -2.35. The number of aromatic amines is 1. The molecule has 0 unspecified atom stereocenters. The Kier molecular flexibility index (Phi) is 4.80. The molecule has 2 heterocycles. The standard InChI is InChI=1S/C18H25N3O/c1-14-11-21(12-15(2)22-14)13-16-4-3-5-18(8-16)20-10-17-6-7-19-9-17/h3-9,14-15,19-20H,10-13H2,1-2H3/t14-,15+. The van der Waals surface area contributed by atoms with Crippen LogP contribution in [0.5, 0.6) is 0 Å². The zero-order valence-corrected chi connectivity index (χ0v) is 13.4. The van der Waals surface area contributed by atoms with Crippen LogP contribution >= 0.6 is 0 Å². The van der Waals surface area contributed by atoms with E-state index in [0.717, 1.165) is 26.2 Å². The molecule has 2 N–H and O–H groups in total. The van der Waals surface area contributed by atoms with Crippen LogP contribution in [0, 0.1) is 0 Å². The van der Waals surface area contributed by atoms with Crippen molar-refractivity contribution in [1.82, 2.24) is 9.88 Å². The summed E-state index contributed by atoms with van der Waals surface area (Å²) >= 11 is 0. The summed E-state index contributed by atoms with van der Waals surface area (Å²) < 4.78 is 5.80. The Hall–Kier alpha value is -1.78. The summed E-state index contributed by atoms with van der Waals surface area (Å²) in [5.41, 5.74) is 3.79. The van der Waals surface area contributed by atoms with Gasteiger partial charge in [0.25, 0.3) is 0 Å². The molecular formula is C18H25N3O. The van der Waals surface area contributed by atoms with E-state index < -0.39 is 0 Å². The zero-order valence-electron chi connectivity index (χ0n) is 13.4. The Labute approximate surface area is 132 Å². The van der Waals surface area contributed by atoms with Gasteiger partial charge in [0.1, 0.15) is 0 Å². The number of ether oxygens (including phenoxy) is 1. The molecule has 2 aromatic rings. The van der Waals surface area contributed by atoms with Gasteiger partial charge >= 0.3 is 0 Å². The van der Waals surface area contributed by atoms with E-state index in [1.165, 1.54) is 16.8 Å². The second-order valence-corrected chi connectivity index (χ2v) is 6.22. The number of rotatable bonds is 5. The van der Waals surface area contributed by atoms with Crippen LogP contribution in [0.4, 0.5) is 5.69 Å². The highest BCUT2D eigenvalue weighted by atomic mass is 16.5. The van der Waals surface area contributed by atoms with Crippen LogP contribution in [-0.4, -0.2) is 35.2 Å². The fraction of sp³-hybridized carbons (Fsp3) is 0.444. The molecule has 4 nitrogen and oxygen atoms in total. The number of hydrogen-bond acceptors (Lipinski definition) is 3. The summed E-state index contributed by atoms with van der Waals surface area (Å²) in [5, 5.41) is 3.48. The largest absolute Gasteiger partial charge is 0.381 e. The molecule has 118 valence electrons. The fourth-order valence-corrected chi connectivity index (χ4v) is 3.12. The van der Waals surface area contributed by atoms with Crippen LogP contribution in [0.15, 0.2) is 42.7 Å². The van der Waals surface area contributed by atoms with Crippen molar-refractivity contribution in [3.8, 4) is 0 Å². The van der Waals surface area contributed by atoms with E-state index >= 15 is 0 Å². The molecule has 1 aromatic carbocycles. The number of morpholine rings is 1. The molecule has 1 aromatic heterocycles. The van der Waals surface area contributed by atoms with E-state index in [1.807, 2.05) is 12.4 Å². The van der Waals surface area contributed by atoms with Crippen molar-refractivity contribution in [2.45, 2.75) is 39.1 Å². The number of benzene rings is 1. The molecule has 22 heavy (non-hydrogen) atoms. The number of nitrogens with one attached hydrogen (secondary N) is 2. The third kappa shape index (κ3) is 4.12. The number of anilines is 1. The first kappa shape index (κ1) is 15.1. The predicted molar refractivity (Wildman–Crippen MR) is 89.8 cm³/mol. The van der Waals surface area contributed by atoms with Gasteiger partial charge in [0, 0.05) is 44.3 Å². The van der Waals surface area contributed by atoms with Crippen molar-refractivity contribution in [1.29, 1.82) is 0 Å². The highest BCUT2D eigenvalue weighted by molar-refractivity contribution is 5.46. The number of hydrogen-bond donors (Lipinski definition) is 2. The van der Waals surface area contributed by atoms with Crippen LogP contribution in [-0.2, 0) is 17.8 Å². The van der Waals surface area contributed by atoms with Crippen LogP contribution in [0.25, 0.3) is 0 Å². The first-order valence-electron chi connectivity index (χ1n) is 8.01. The van der Waals surface area contributed by atoms with Gasteiger partial charge < -0.3 is 15.0 Å². The van der Waals surface area contributed by atoms with E-state index in [0.29, 0.717) is 12.2 Å². The minimum absolute atomic E-state index is 0.318. The normalized spacial score (nSPS) is 22.6. The quantitative estimate of drug-likeness (QED) is 0.890. The Balaban J connectivity index is 1.58. The smallest absolute Gasteiger partial charge is 0.0678 e.